The van der Waals surface area contributed by atoms with Gasteiger partial charge < -0.3 is 4.52 Å². The minimum absolute atomic E-state index is 0.148. The molecular weight excluding hydrogens is 246 g/mol. The number of hydrogen-bond acceptors (Lipinski definition) is 2. The van der Waals surface area contributed by atoms with Gasteiger partial charge in [-0.1, -0.05) is 6.08 Å². The molecule has 0 aromatic heterocycles. The lowest BCUT2D eigenvalue weighted by Crippen LogP contribution is -2.29. The van der Waals surface area contributed by atoms with Crippen LogP contribution < -0.4 is 5.50 Å². The Balaban J connectivity index is 4.28. The van der Waals surface area contributed by atoms with Gasteiger partial charge in [-0.05, 0) is 0 Å². The maximum absolute atomic E-state index is 11.8. The standard InChI is InChI=1S/C7H15Cl2N2O2P/c1-2-7-13-14(10,12)11(5-3-8)6-4-9/h2H,1,3-7H2,(H2,10,12). The van der Waals surface area contributed by atoms with E-state index in [1.165, 1.54) is 10.7 Å². The quantitative estimate of drug-likeness (QED) is 0.412. The van der Waals surface area contributed by atoms with Crippen LogP contribution in [0.3, 0.4) is 0 Å². The highest BCUT2D eigenvalue weighted by Crippen LogP contribution is 2.41. The maximum Gasteiger partial charge on any atom is 0.341 e. The molecule has 0 rings (SSSR count). The summed E-state index contributed by atoms with van der Waals surface area (Å²) >= 11 is 11.1. The number of nitrogens with zero attached hydrogens (tertiary/aromatic N) is 1. The van der Waals surface area contributed by atoms with E-state index >= 15 is 0 Å². The van der Waals surface area contributed by atoms with Crippen molar-refractivity contribution in [1.82, 2.24) is 4.67 Å². The Bertz CT molecular complexity index is 210. The van der Waals surface area contributed by atoms with Crippen molar-refractivity contribution < 1.29 is 9.09 Å². The molecule has 0 saturated heterocycles. The van der Waals surface area contributed by atoms with Gasteiger partial charge in [-0.3, -0.25) is 4.57 Å². The third-order valence-corrected chi connectivity index (χ3v) is 3.50. The molecule has 0 saturated carbocycles. The molecule has 0 aliphatic rings. The van der Waals surface area contributed by atoms with E-state index in [2.05, 4.69) is 6.58 Å². The molecule has 2 N–H and O–H groups in total. The van der Waals surface area contributed by atoms with E-state index in [9.17, 15) is 4.57 Å². The molecule has 1 unspecified atom stereocenters. The van der Waals surface area contributed by atoms with Crippen LogP contribution in [0.2, 0.25) is 0 Å². The molecule has 14 heavy (non-hydrogen) atoms. The second-order valence-corrected chi connectivity index (χ2v) is 5.19. The summed E-state index contributed by atoms with van der Waals surface area (Å²) in [6.07, 6.45) is 1.49. The number of nitrogens with two attached hydrogens (primary N) is 1. The average molecular weight is 261 g/mol. The van der Waals surface area contributed by atoms with Gasteiger partial charge in [0, 0.05) is 24.8 Å². The van der Waals surface area contributed by atoms with Crippen molar-refractivity contribution in [3.63, 3.8) is 0 Å². The van der Waals surface area contributed by atoms with Gasteiger partial charge in [0.2, 0.25) is 0 Å². The molecule has 0 aromatic rings. The molecule has 0 fully saturated rings. The number of halogens is 2. The summed E-state index contributed by atoms with van der Waals surface area (Å²) in [7, 11) is -3.26. The van der Waals surface area contributed by atoms with Crippen LogP contribution in [0, 0.1) is 0 Å². The first-order chi connectivity index (χ1) is 6.58. The predicted molar refractivity (Wildman–Crippen MR) is 61.0 cm³/mol. The van der Waals surface area contributed by atoms with Crippen molar-refractivity contribution in [3.8, 4) is 0 Å². The van der Waals surface area contributed by atoms with Crippen LogP contribution in [-0.4, -0.2) is 36.1 Å². The highest BCUT2D eigenvalue weighted by molar-refractivity contribution is 7.53. The molecule has 4 nitrogen and oxygen atoms in total. The van der Waals surface area contributed by atoms with E-state index in [1.54, 1.807) is 0 Å². The lowest BCUT2D eigenvalue weighted by Gasteiger charge is -2.25. The fourth-order valence-electron chi connectivity index (χ4n) is 0.827. The molecule has 0 bridgehead atoms. The summed E-state index contributed by atoms with van der Waals surface area (Å²) in [6, 6.07) is 0. The van der Waals surface area contributed by atoms with Crippen molar-refractivity contribution >= 4 is 30.9 Å². The van der Waals surface area contributed by atoms with Crippen molar-refractivity contribution in [2.45, 2.75) is 0 Å². The topological polar surface area (TPSA) is 55.6 Å². The van der Waals surface area contributed by atoms with Crippen molar-refractivity contribution in [2.24, 2.45) is 5.50 Å². The molecule has 0 amide bonds. The molecule has 7 heteroatoms. The minimum Gasteiger partial charge on any atom is -0.302 e. The summed E-state index contributed by atoms with van der Waals surface area (Å²) in [5.74, 6) is 0.658. The summed E-state index contributed by atoms with van der Waals surface area (Å²) < 4.78 is 18.2. The molecule has 0 aromatic carbocycles. The zero-order chi connectivity index (χ0) is 11.0. The number of hydrogen-bond donors (Lipinski definition) is 1. The molecule has 1 atom stereocenters. The van der Waals surface area contributed by atoms with Crippen LogP contribution in [-0.2, 0) is 9.09 Å². The van der Waals surface area contributed by atoms with Gasteiger partial charge >= 0.3 is 7.67 Å². The molecule has 84 valence electrons. The smallest absolute Gasteiger partial charge is 0.302 e. The van der Waals surface area contributed by atoms with Gasteiger partial charge in [0.1, 0.15) is 0 Å². The summed E-state index contributed by atoms with van der Waals surface area (Å²) in [5, 5.41) is 0. The molecule has 0 radical (unpaired) electrons. The lowest BCUT2D eigenvalue weighted by molar-refractivity contribution is 0.292. The van der Waals surface area contributed by atoms with Crippen LogP contribution in [0.15, 0.2) is 12.7 Å². The average Bonchev–Trinajstić information content (AvgIpc) is 2.14. The molecular formula is C7H15Cl2N2O2P. The third-order valence-electron chi connectivity index (χ3n) is 1.46. The predicted octanol–water partition coefficient (Wildman–Crippen LogP) is 2.04. The highest BCUT2D eigenvalue weighted by atomic mass is 35.5. The Morgan fingerprint density at radius 1 is 1.43 bits per heavy atom. The largest absolute Gasteiger partial charge is 0.341 e. The number of rotatable bonds is 8. The Morgan fingerprint density at radius 3 is 2.29 bits per heavy atom. The molecule has 0 aliphatic carbocycles. The van der Waals surface area contributed by atoms with E-state index in [4.69, 9.17) is 33.2 Å². The zero-order valence-electron chi connectivity index (χ0n) is 7.86. The normalized spacial score (nSPS) is 15.4. The highest BCUT2D eigenvalue weighted by Gasteiger charge is 2.25. The van der Waals surface area contributed by atoms with Gasteiger partial charge in [-0.15, -0.1) is 29.8 Å². The number of alkyl halides is 2. The first kappa shape index (κ1) is 14.4. The first-order valence-corrected chi connectivity index (χ1v) is 6.81. The fourth-order valence-corrected chi connectivity index (χ4v) is 2.71. The Kier molecular flexibility index (Phi) is 7.92. The summed E-state index contributed by atoms with van der Waals surface area (Å²) in [4.78, 5) is 0. The monoisotopic (exact) mass is 260 g/mol. The van der Waals surface area contributed by atoms with Crippen LogP contribution in [0.5, 0.6) is 0 Å². The van der Waals surface area contributed by atoms with E-state index in [-0.39, 0.29) is 6.61 Å². The van der Waals surface area contributed by atoms with E-state index < -0.39 is 7.67 Å². The molecule has 0 heterocycles. The SMILES string of the molecule is C=CCOP(N)(=O)N(CCCl)CCCl. The maximum atomic E-state index is 11.8. The zero-order valence-corrected chi connectivity index (χ0v) is 10.3. The van der Waals surface area contributed by atoms with Crippen molar-refractivity contribution in [2.75, 3.05) is 31.5 Å². The van der Waals surface area contributed by atoms with E-state index in [1.807, 2.05) is 0 Å². The third kappa shape index (κ3) is 5.35. The van der Waals surface area contributed by atoms with Crippen LogP contribution >= 0.6 is 30.9 Å². The summed E-state index contributed by atoms with van der Waals surface area (Å²) in [6.45, 7) is 4.37. The lowest BCUT2D eigenvalue weighted by atomic mass is 10.6. The van der Waals surface area contributed by atoms with Gasteiger partial charge in [-0.2, -0.15) is 0 Å². The van der Waals surface area contributed by atoms with Crippen molar-refractivity contribution in [1.29, 1.82) is 0 Å². The Labute approximate surface area is 94.5 Å². The van der Waals surface area contributed by atoms with Crippen LogP contribution in [0.1, 0.15) is 0 Å². The van der Waals surface area contributed by atoms with Crippen molar-refractivity contribution in [3.05, 3.63) is 12.7 Å². The van der Waals surface area contributed by atoms with Gasteiger partial charge in [0.25, 0.3) is 0 Å². The van der Waals surface area contributed by atoms with Crippen LogP contribution in [0.4, 0.5) is 0 Å². The van der Waals surface area contributed by atoms with Gasteiger partial charge in [-0.25, -0.2) is 10.2 Å². The second kappa shape index (κ2) is 7.69. The Morgan fingerprint density at radius 2 is 1.93 bits per heavy atom. The summed E-state index contributed by atoms with van der Waals surface area (Å²) in [5.41, 5.74) is 5.51. The van der Waals surface area contributed by atoms with Gasteiger partial charge in [0.05, 0.1) is 6.61 Å². The molecule has 0 aliphatic heterocycles. The van der Waals surface area contributed by atoms with E-state index in [0.717, 1.165) is 0 Å². The first-order valence-electron chi connectivity index (χ1n) is 4.10. The van der Waals surface area contributed by atoms with E-state index in [0.29, 0.717) is 24.8 Å². The molecule has 0 spiro atoms. The van der Waals surface area contributed by atoms with Crippen LogP contribution in [0.25, 0.3) is 0 Å². The minimum atomic E-state index is -3.26. The second-order valence-electron chi connectivity index (χ2n) is 2.48. The van der Waals surface area contributed by atoms with Gasteiger partial charge in [0.15, 0.2) is 0 Å². The fraction of sp³-hybridized carbons (Fsp3) is 0.714. The Hall–Kier alpha value is 0.430.